The van der Waals surface area contributed by atoms with Crippen LogP contribution in [0.1, 0.15) is 54.0 Å². The number of amides is 1. The summed E-state index contributed by atoms with van der Waals surface area (Å²) >= 11 is 0. The van der Waals surface area contributed by atoms with Gasteiger partial charge in [-0.3, -0.25) is 4.79 Å². The molecule has 1 heterocycles. The summed E-state index contributed by atoms with van der Waals surface area (Å²) in [5.74, 6) is 0.713. The van der Waals surface area contributed by atoms with Crippen molar-refractivity contribution in [2.24, 2.45) is 11.3 Å². The van der Waals surface area contributed by atoms with Crippen molar-refractivity contribution in [1.29, 1.82) is 0 Å². The maximum absolute atomic E-state index is 14.2. The molecule has 0 spiro atoms. The Morgan fingerprint density at radius 3 is 2.44 bits per heavy atom. The third-order valence-corrected chi connectivity index (χ3v) is 8.61. The fourth-order valence-corrected chi connectivity index (χ4v) is 7.26. The zero-order valence-corrected chi connectivity index (χ0v) is 18.6. The van der Waals surface area contributed by atoms with E-state index >= 15 is 0 Å². The molecule has 7 rings (SSSR count). The Labute approximate surface area is 190 Å². The number of carbonyl (C=O) groups excluding carboxylic acids is 1. The summed E-state index contributed by atoms with van der Waals surface area (Å²) in [6.45, 7) is 3.73. The van der Waals surface area contributed by atoms with E-state index in [2.05, 4.69) is 84.3 Å². The van der Waals surface area contributed by atoms with Crippen LogP contribution in [0.25, 0.3) is 0 Å². The summed E-state index contributed by atoms with van der Waals surface area (Å²) in [6.07, 6.45) is 2.16. The van der Waals surface area contributed by atoms with Crippen LogP contribution in [0, 0.1) is 11.3 Å². The molecule has 2 bridgehead atoms. The van der Waals surface area contributed by atoms with E-state index in [1.807, 2.05) is 18.2 Å². The maximum Gasteiger partial charge on any atom is 0.228 e. The van der Waals surface area contributed by atoms with Crippen molar-refractivity contribution in [3.8, 4) is 0 Å². The molecule has 1 saturated carbocycles. The predicted molar refractivity (Wildman–Crippen MR) is 127 cm³/mol. The number of fused-ring (bicyclic) bond motifs is 1. The number of hydrogen-bond donors (Lipinski definition) is 2. The molecule has 3 aromatic rings. The van der Waals surface area contributed by atoms with E-state index < -0.39 is 5.41 Å². The topological polar surface area (TPSA) is 41.1 Å². The lowest BCUT2D eigenvalue weighted by Gasteiger charge is -2.60. The van der Waals surface area contributed by atoms with E-state index in [-0.39, 0.29) is 29.2 Å². The number of benzene rings is 3. The van der Waals surface area contributed by atoms with Gasteiger partial charge in [0.2, 0.25) is 5.91 Å². The predicted octanol–water partition coefficient (Wildman–Crippen LogP) is 4.95. The summed E-state index contributed by atoms with van der Waals surface area (Å²) < 4.78 is 0. The van der Waals surface area contributed by atoms with Crippen molar-refractivity contribution in [2.45, 2.75) is 37.1 Å². The smallest absolute Gasteiger partial charge is 0.228 e. The highest BCUT2D eigenvalue weighted by Crippen LogP contribution is 2.67. The second kappa shape index (κ2) is 7.31. The minimum absolute atomic E-state index is 0.0114. The molecule has 0 radical (unpaired) electrons. The van der Waals surface area contributed by atoms with Gasteiger partial charge < -0.3 is 10.6 Å². The first-order chi connectivity index (χ1) is 15.7. The molecule has 2 fully saturated rings. The van der Waals surface area contributed by atoms with Crippen molar-refractivity contribution >= 4 is 5.91 Å². The zero-order chi connectivity index (χ0) is 21.8. The highest BCUT2D eigenvalue weighted by atomic mass is 16.2. The van der Waals surface area contributed by atoms with Gasteiger partial charge >= 0.3 is 0 Å². The Morgan fingerprint density at radius 2 is 1.66 bits per heavy atom. The molecule has 4 unspecified atom stereocenters. The average Bonchev–Trinajstić information content (AvgIpc) is 3.34. The summed E-state index contributed by atoms with van der Waals surface area (Å²) in [7, 11) is 0. The monoisotopic (exact) mass is 422 g/mol. The molecule has 32 heavy (non-hydrogen) atoms. The van der Waals surface area contributed by atoms with Gasteiger partial charge in [0.05, 0.1) is 11.5 Å². The summed E-state index contributed by atoms with van der Waals surface area (Å²) in [5, 5.41) is 7.10. The largest absolute Gasteiger partial charge is 0.349 e. The molecule has 5 atom stereocenters. The summed E-state index contributed by atoms with van der Waals surface area (Å²) in [6, 6.07) is 30.1. The molecule has 3 aromatic carbocycles. The first-order valence-corrected chi connectivity index (χ1v) is 11.9. The second-order valence-corrected chi connectivity index (χ2v) is 9.85. The number of carbonyl (C=O) groups is 1. The van der Waals surface area contributed by atoms with Crippen LogP contribution in [-0.4, -0.2) is 19.0 Å². The Kier molecular flexibility index (Phi) is 4.51. The molecule has 1 amide bonds. The Balaban J connectivity index is 1.49. The summed E-state index contributed by atoms with van der Waals surface area (Å²) in [4.78, 5) is 14.2. The summed E-state index contributed by atoms with van der Waals surface area (Å²) in [5.41, 5.74) is 4.78. The molecule has 1 aliphatic heterocycles. The minimum atomic E-state index is -0.425. The fraction of sp³-hybridized carbons (Fsp3) is 0.345. The van der Waals surface area contributed by atoms with E-state index in [1.165, 1.54) is 16.7 Å². The van der Waals surface area contributed by atoms with Gasteiger partial charge in [-0.05, 0) is 42.0 Å². The molecule has 2 N–H and O–H groups in total. The molecular weight excluding hydrogens is 392 g/mol. The van der Waals surface area contributed by atoms with E-state index in [9.17, 15) is 4.79 Å². The van der Waals surface area contributed by atoms with Crippen molar-refractivity contribution in [1.82, 2.24) is 10.6 Å². The van der Waals surface area contributed by atoms with Crippen molar-refractivity contribution in [2.75, 3.05) is 13.1 Å². The van der Waals surface area contributed by atoms with E-state index in [4.69, 9.17) is 0 Å². The Morgan fingerprint density at radius 1 is 0.969 bits per heavy atom. The van der Waals surface area contributed by atoms with Gasteiger partial charge in [0.15, 0.2) is 0 Å². The van der Waals surface area contributed by atoms with Gasteiger partial charge in [-0.1, -0.05) is 84.9 Å². The highest BCUT2D eigenvalue weighted by Gasteiger charge is 2.68. The van der Waals surface area contributed by atoms with Gasteiger partial charge in [-0.15, -0.1) is 0 Å². The molecule has 3 aliphatic carbocycles. The molecule has 0 aromatic heterocycles. The second-order valence-electron chi connectivity index (χ2n) is 9.85. The van der Waals surface area contributed by atoms with Gasteiger partial charge in [0, 0.05) is 30.3 Å². The van der Waals surface area contributed by atoms with E-state index in [0.29, 0.717) is 0 Å². The molecule has 4 aliphatic rings. The molecule has 1 saturated heterocycles. The van der Waals surface area contributed by atoms with E-state index in [1.54, 1.807) is 0 Å². The molecule has 162 valence electrons. The van der Waals surface area contributed by atoms with Gasteiger partial charge in [-0.2, -0.15) is 0 Å². The third-order valence-electron chi connectivity index (χ3n) is 8.61. The van der Waals surface area contributed by atoms with Crippen LogP contribution < -0.4 is 10.6 Å². The van der Waals surface area contributed by atoms with Crippen molar-refractivity contribution < 1.29 is 4.79 Å². The van der Waals surface area contributed by atoms with Crippen LogP contribution in [0.2, 0.25) is 0 Å². The van der Waals surface area contributed by atoms with Crippen molar-refractivity contribution in [3.63, 3.8) is 0 Å². The first kappa shape index (κ1) is 19.8. The highest BCUT2D eigenvalue weighted by molar-refractivity contribution is 5.87. The zero-order valence-electron chi connectivity index (χ0n) is 18.6. The van der Waals surface area contributed by atoms with Crippen LogP contribution in [-0.2, 0) is 10.2 Å². The SMILES string of the molecule is C[C@@H](NC(=O)C12CNCC1C1(c3ccccc3)CCC2c2ccccc21)c1ccccc1. The first-order valence-electron chi connectivity index (χ1n) is 11.9. The fourth-order valence-electron chi connectivity index (χ4n) is 7.26. The van der Waals surface area contributed by atoms with Crippen molar-refractivity contribution in [3.05, 3.63) is 107 Å². The standard InChI is InChI=1S/C29H30N2O/c1-20(21-10-4-2-5-11-21)31-27(32)29-19-30-18-26(29)28(22-12-6-3-7-13-22)17-16-25(29)23-14-8-9-15-24(23)28/h2-15,20,25-26,30H,16-19H2,1H3,(H,31,32)/t20-,25?,26?,28?,29?/m1/s1. The Bertz CT molecular complexity index is 1140. The minimum Gasteiger partial charge on any atom is -0.349 e. The maximum atomic E-state index is 14.2. The normalized spacial score (nSPS) is 30.9. The van der Waals surface area contributed by atoms with Crippen LogP contribution in [0.4, 0.5) is 0 Å². The molecule has 3 heteroatoms. The van der Waals surface area contributed by atoms with Gasteiger partial charge in [0.25, 0.3) is 0 Å². The molecule has 3 nitrogen and oxygen atoms in total. The van der Waals surface area contributed by atoms with Gasteiger partial charge in [-0.25, -0.2) is 0 Å². The van der Waals surface area contributed by atoms with E-state index in [0.717, 1.165) is 31.5 Å². The number of nitrogens with one attached hydrogen (secondary N) is 2. The van der Waals surface area contributed by atoms with Gasteiger partial charge in [0.1, 0.15) is 0 Å². The van der Waals surface area contributed by atoms with Crippen LogP contribution in [0.15, 0.2) is 84.9 Å². The molecular formula is C29H30N2O. The third kappa shape index (κ3) is 2.55. The van der Waals surface area contributed by atoms with Crippen LogP contribution in [0.5, 0.6) is 0 Å². The lowest BCUT2D eigenvalue weighted by Crippen LogP contribution is -2.62. The quantitative estimate of drug-likeness (QED) is 0.625. The number of hydrogen-bond acceptors (Lipinski definition) is 2. The van der Waals surface area contributed by atoms with Crippen LogP contribution in [0.3, 0.4) is 0 Å². The lowest BCUT2D eigenvalue weighted by molar-refractivity contribution is -0.139. The Hall–Kier alpha value is -2.91. The number of rotatable bonds is 4. The lowest BCUT2D eigenvalue weighted by atomic mass is 9.42. The average molecular weight is 423 g/mol. The van der Waals surface area contributed by atoms with Crippen LogP contribution >= 0.6 is 0 Å².